The van der Waals surface area contributed by atoms with Gasteiger partial charge in [-0.2, -0.15) is 5.10 Å². The van der Waals surface area contributed by atoms with Crippen LogP contribution in [0.15, 0.2) is 97.2 Å². The summed E-state index contributed by atoms with van der Waals surface area (Å²) < 4.78 is 4.16. The van der Waals surface area contributed by atoms with Gasteiger partial charge in [-0.3, -0.25) is 0 Å². The zero-order chi connectivity index (χ0) is 27.1. The second-order valence-electron chi connectivity index (χ2n) is 10.2. The molecule has 7 heteroatoms. The van der Waals surface area contributed by atoms with Crippen LogP contribution in [-0.4, -0.2) is 25.3 Å². The highest BCUT2D eigenvalue weighted by Crippen LogP contribution is 2.39. The highest BCUT2D eigenvalue weighted by Gasteiger charge is 2.36. The molecule has 2 aromatic heterocycles. The Morgan fingerprint density at radius 2 is 1.67 bits per heavy atom. The highest BCUT2D eigenvalue weighted by molar-refractivity contribution is 6.30. The Morgan fingerprint density at radius 3 is 2.36 bits per heavy atom. The van der Waals surface area contributed by atoms with Gasteiger partial charge in [-0.15, -0.1) is 0 Å². The summed E-state index contributed by atoms with van der Waals surface area (Å²) in [5.41, 5.74) is 6.85. The van der Waals surface area contributed by atoms with Crippen LogP contribution in [0.5, 0.6) is 0 Å². The molecule has 3 heterocycles. The molecule has 1 unspecified atom stereocenters. The number of anilines is 1. The van der Waals surface area contributed by atoms with E-state index in [1.165, 1.54) is 5.56 Å². The molecule has 0 fully saturated rings. The summed E-state index contributed by atoms with van der Waals surface area (Å²) in [5, 5.41) is 8.64. The van der Waals surface area contributed by atoms with E-state index in [4.69, 9.17) is 16.7 Å². The smallest absolute Gasteiger partial charge is 0.308 e. The van der Waals surface area contributed by atoms with Crippen LogP contribution in [0.3, 0.4) is 0 Å². The predicted octanol–water partition coefficient (Wildman–Crippen LogP) is 7.89. The number of carbonyl (C=O) groups is 1. The van der Waals surface area contributed by atoms with Crippen LogP contribution in [0, 0.1) is 6.92 Å². The largest absolute Gasteiger partial charge is 0.322 e. The van der Waals surface area contributed by atoms with Gasteiger partial charge in [0.25, 0.3) is 0 Å². The number of nitrogens with zero attached hydrogens (tertiary/aromatic N) is 4. The summed E-state index contributed by atoms with van der Waals surface area (Å²) in [6.07, 6.45) is 2.06. The fraction of sp³-hybridized carbons (Fsp3) is 0.188. The van der Waals surface area contributed by atoms with E-state index >= 15 is 0 Å². The molecule has 1 atom stereocenters. The monoisotopic (exact) mass is 535 g/mol. The van der Waals surface area contributed by atoms with E-state index < -0.39 is 0 Å². The number of rotatable bonds is 4. The second-order valence-corrected chi connectivity index (χ2v) is 10.7. The van der Waals surface area contributed by atoms with Crippen molar-refractivity contribution >= 4 is 23.3 Å². The van der Waals surface area contributed by atoms with Crippen molar-refractivity contribution in [1.82, 2.24) is 19.2 Å². The molecule has 2 amide bonds. The summed E-state index contributed by atoms with van der Waals surface area (Å²) in [4.78, 5) is 15.9. The topological polar surface area (TPSA) is 55.1 Å². The van der Waals surface area contributed by atoms with Gasteiger partial charge in [0.15, 0.2) is 0 Å². The van der Waals surface area contributed by atoms with Crippen molar-refractivity contribution in [2.45, 2.75) is 39.3 Å². The molecule has 196 valence electrons. The van der Waals surface area contributed by atoms with Gasteiger partial charge < -0.3 is 14.8 Å². The molecule has 6 rings (SSSR count). The molecule has 5 aromatic rings. The Kier molecular flexibility index (Phi) is 6.49. The Labute approximate surface area is 233 Å². The fourth-order valence-electron chi connectivity index (χ4n) is 5.29. The van der Waals surface area contributed by atoms with E-state index in [-0.39, 0.29) is 12.1 Å². The van der Waals surface area contributed by atoms with E-state index in [2.05, 4.69) is 60.3 Å². The maximum Gasteiger partial charge on any atom is 0.322 e. The average molecular weight is 536 g/mol. The van der Waals surface area contributed by atoms with Crippen LogP contribution in [-0.2, 0) is 6.54 Å². The molecule has 0 saturated carbocycles. The number of carbonyl (C=O) groups excluding carboxylic acids is 1. The predicted molar refractivity (Wildman–Crippen MR) is 156 cm³/mol. The number of fused-ring (bicyclic) bond motifs is 3. The first-order valence-corrected chi connectivity index (χ1v) is 13.5. The second kappa shape index (κ2) is 10.1. The number of para-hydroxylation sites is 1. The first-order valence-electron chi connectivity index (χ1n) is 13.2. The molecule has 1 aliphatic heterocycles. The van der Waals surface area contributed by atoms with Crippen LogP contribution in [0.25, 0.3) is 11.5 Å². The zero-order valence-corrected chi connectivity index (χ0v) is 22.9. The van der Waals surface area contributed by atoms with Gasteiger partial charge in [0.2, 0.25) is 0 Å². The van der Waals surface area contributed by atoms with Crippen molar-refractivity contribution in [2.75, 3.05) is 5.32 Å². The maximum atomic E-state index is 14.0. The minimum absolute atomic E-state index is 0.192. The van der Waals surface area contributed by atoms with Gasteiger partial charge in [0.05, 0.1) is 29.7 Å². The lowest BCUT2D eigenvalue weighted by Gasteiger charge is -2.31. The molecular formula is C32H30ClN5O. The van der Waals surface area contributed by atoms with Gasteiger partial charge >= 0.3 is 6.03 Å². The molecule has 1 N–H and O–H groups in total. The van der Waals surface area contributed by atoms with Gasteiger partial charge in [-0.1, -0.05) is 67.9 Å². The number of halogens is 1. The Hall–Kier alpha value is -4.29. The standard InChI is InChI=1S/C32H30ClN5O/c1-21(2)23-11-13-24(14-12-23)30-29-10-7-19-36(29)31-28(22(3)35-38(31)27-8-5-4-6-9-27)20-37(30)32(39)34-26-17-15-25(33)16-18-26/h4-19,21,30H,20H2,1-3H3,(H,34,39). The number of benzene rings is 3. The van der Waals surface area contributed by atoms with Crippen LogP contribution in [0.4, 0.5) is 10.5 Å². The number of nitrogens with one attached hydrogen (secondary N) is 1. The van der Waals surface area contributed by atoms with Crippen molar-refractivity contribution in [3.63, 3.8) is 0 Å². The molecular weight excluding hydrogens is 506 g/mol. The molecule has 39 heavy (non-hydrogen) atoms. The third kappa shape index (κ3) is 4.61. The summed E-state index contributed by atoms with van der Waals surface area (Å²) in [6, 6.07) is 29.5. The molecule has 0 spiro atoms. The lowest BCUT2D eigenvalue weighted by atomic mass is 9.97. The van der Waals surface area contributed by atoms with Crippen molar-refractivity contribution in [1.29, 1.82) is 0 Å². The summed E-state index contributed by atoms with van der Waals surface area (Å²) in [7, 11) is 0. The molecule has 6 nitrogen and oxygen atoms in total. The number of amides is 2. The van der Waals surface area contributed by atoms with Crippen molar-refractivity contribution in [3.05, 3.63) is 130 Å². The number of hydrogen-bond donors (Lipinski definition) is 1. The maximum absolute atomic E-state index is 14.0. The average Bonchev–Trinajstić information content (AvgIpc) is 3.51. The van der Waals surface area contributed by atoms with Gasteiger partial charge in [0, 0.05) is 22.5 Å². The lowest BCUT2D eigenvalue weighted by Crippen LogP contribution is -2.38. The van der Waals surface area contributed by atoms with Crippen molar-refractivity contribution in [2.24, 2.45) is 0 Å². The first-order chi connectivity index (χ1) is 18.9. The zero-order valence-electron chi connectivity index (χ0n) is 22.2. The van der Waals surface area contributed by atoms with E-state index in [0.717, 1.165) is 34.0 Å². The van der Waals surface area contributed by atoms with Crippen LogP contribution < -0.4 is 5.32 Å². The molecule has 0 bridgehead atoms. The SMILES string of the molecule is Cc1nn(-c2ccccc2)c2c1CN(C(=O)Nc1ccc(Cl)cc1)C(c1ccc(C(C)C)cc1)c1cccn1-2. The molecule has 0 radical (unpaired) electrons. The number of hydrogen-bond acceptors (Lipinski definition) is 2. The van der Waals surface area contributed by atoms with Gasteiger partial charge in [-0.25, -0.2) is 9.48 Å². The third-order valence-electron chi connectivity index (χ3n) is 7.36. The summed E-state index contributed by atoms with van der Waals surface area (Å²) in [5.74, 6) is 1.37. The van der Waals surface area contributed by atoms with E-state index in [0.29, 0.717) is 23.2 Å². The summed E-state index contributed by atoms with van der Waals surface area (Å²) in [6.45, 7) is 6.78. The third-order valence-corrected chi connectivity index (χ3v) is 7.61. The number of urea groups is 1. The molecule has 0 aliphatic carbocycles. The quantitative estimate of drug-likeness (QED) is 0.254. The van der Waals surface area contributed by atoms with Gasteiger partial charge in [0.1, 0.15) is 5.82 Å². The molecule has 1 aliphatic rings. The van der Waals surface area contributed by atoms with Crippen LogP contribution in [0.1, 0.15) is 53.9 Å². The Morgan fingerprint density at radius 1 is 0.949 bits per heavy atom. The Bertz CT molecular complexity index is 1620. The molecule has 0 saturated heterocycles. The normalized spacial score (nSPS) is 14.6. The number of aryl methyl sites for hydroxylation is 1. The van der Waals surface area contributed by atoms with E-state index in [9.17, 15) is 4.79 Å². The van der Waals surface area contributed by atoms with E-state index in [1.807, 2.05) is 65.0 Å². The van der Waals surface area contributed by atoms with Crippen LogP contribution >= 0.6 is 11.6 Å². The van der Waals surface area contributed by atoms with Crippen LogP contribution in [0.2, 0.25) is 5.02 Å². The summed E-state index contributed by atoms with van der Waals surface area (Å²) >= 11 is 6.09. The van der Waals surface area contributed by atoms with Crippen molar-refractivity contribution in [3.8, 4) is 11.5 Å². The first kappa shape index (κ1) is 25.0. The lowest BCUT2D eigenvalue weighted by molar-refractivity contribution is 0.194. The molecule has 3 aromatic carbocycles. The highest BCUT2D eigenvalue weighted by atomic mass is 35.5. The van der Waals surface area contributed by atoms with Crippen molar-refractivity contribution < 1.29 is 4.79 Å². The Balaban J connectivity index is 1.52. The minimum atomic E-state index is -0.315. The van der Waals surface area contributed by atoms with Gasteiger partial charge in [-0.05, 0) is 72.5 Å². The minimum Gasteiger partial charge on any atom is -0.308 e. The fourth-order valence-corrected chi connectivity index (χ4v) is 5.42. The van der Waals surface area contributed by atoms with E-state index in [1.54, 1.807) is 12.1 Å². The number of aromatic nitrogens is 3.